The lowest BCUT2D eigenvalue weighted by molar-refractivity contribution is -0.102. The van der Waals surface area contributed by atoms with E-state index in [1.165, 1.54) is 6.34 Å². The Hall–Kier alpha value is -1.97. The number of nitrogens with two attached hydrogens (primary N) is 1. The summed E-state index contributed by atoms with van der Waals surface area (Å²) >= 11 is 0. The highest BCUT2D eigenvalue weighted by Crippen LogP contribution is 1.98. The molecule has 72 valence electrons. The lowest BCUT2D eigenvalue weighted by Crippen LogP contribution is -2.12. The molecule has 0 saturated carbocycles. The Morgan fingerprint density at radius 3 is 2.71 bits per heavy atom. The second kappa shape index (κ2) is 5.64. The summed E-state index contributed by atoms with van der Waals surface area (Å²) in [6, 6.07) is 9.74. The third-order valence-electron chi connectivity index (χ3n) is 1.53. The number of carbonyl (C=O) groups excluding carboxylic acids is 1. The molecule has 1 rings (SSSR count). The minimum Gasteiger partial charge on any atom is -0.381 e. The Morgan fingerprint density at radius 2 is 2.07 bits per heavy atom. The van der Waals surface area contributed by atoms with Crippen LogP contribution in [0.3, 0.4) is 0 Å². The standard InChI is InChI=1S/C10H11N3O/c11-10(7-14)13-8-12-6-9-4-2-1-3-5-9/h1-5,7-8H,6H2,(H2,11,12,13). The molecule has 0 aliphatic carbocycles. The van der Waals surface area contributed by atoms with Crippen LogP contribution in [0.25, 0.3) is 0 Å². The van der Waals surface area contributed by atoms with Gasteiger partial charge in [-0.3, -0.25) is 9.79 Å². The van der Waals surface area contributed by atoms with Gasteiger partial charge in [-0.2, -0.15) is 0 Å². The molecular formula is C10H11N3O. The normalized spacial score (nSPS) is 11.9. The Labute approximate surface area is 82.2 Å². The highest BCUT2D eigenvalue weighted by Gasteiger charge is 1.86. The van der Waals surface area contributed by atoms with Crippen LogP contribution < -0.4 is 5.73 Å². The van der Waals surface area contributed by atoms with Gasteiger partial charge >= 0.3 is 0 Å². The van der Waals surface area contributed by atoms with Crippen molar-refractivity contribution >= 4 is 18.5 Å². The molecule has 0 aliphatic heterocycles. The maximum absolute atomic E-state index is 10.1. The summed E-state index contributed by atoms with van der Waals surface area (Å²) in [5, 5.41) is 0. The van der Waals surface area contributed by atoms with Crippen molar-refractivity contribution in [2.45, 2.75) is 6.54 Å². The van der Waals surface area contributed by atoms with E-state index in [9.17, 15) is 4.79 Å². The molecule has 0 bridgehead atoms. The Kier molecular flexibility index (Phi) is 4.07. The molecule has 0 radical (unpaired) electrons. The molecule has 0 saturated heterocycles. The van der Waals surface area contributed by atoms with Gasteiger partial charge in [-0.15, -0.1) is 0 Å². The third kappa shape index (κ3) is 3.62. The summed E-state index contributed by atoms with van der Waals surface area (Å²) in [4.78, 5) is 17.6. The van der Waals surface area contributed by atoms with Crippen molar-refractivity contribution in [2.24, 2.45) is 15.7 Å². The minimum atomic E-state index is -0.0678. The molecule has 0 fully saturated rings. The zero-order chi connectivity index (χ0) is 10.2. The summed E-state index contributed by atoms with van der Waals surface area (Å²) in [6.07, 6.45) is 1.77. The van der Waals surface area contributed by atoms with E-state index >= 15 is 0 Å². The van der Waals surface area contributed by atoms with E-state index < -0.39 is 0 Å². The summed E-state index contributed by atoms with van der Waals surface area (Å²) in [5.41, 5.74) is 6.23. The first kappa shape index (κ1) is 10.1. The predicted octanol–water partition coefficient (Wildman–Crippen LogP) is 0.771. The molecule has 0 spiro atoms. The van der Waals surface area contributed by atoms with E-state index in [1.807, 2.05) is 30.3 Å². The highest BCUT2D eigenvalue weighted by atomic mass is 16.1. The van der Waals surface area contributed by atoms with E-state index in [2.05, 4.69) is 9.98 Å². The number of benzene rings is 1. The number of hydrogen-bond acceptors (Lipinski definition) is 2. The first-order valence-electron chi connectivity index (χ1n) is 4.13. The predicted molar refractivity (Wildman–Crippen MR) is 56.3 cm³/mol. The monoisotopic (exact) mass is 189 g/mol. The van der Waals surface area contributed by atoms with Crippen LogP contribution >= 0.6 is 0 Å². The fourth-order valence-corrected chi connectivity index (χ4v) is 0.868. The molecule has 1 aromatic rings. The van der Waals surface area contributed by atoms with Crippen LogP contribution in [-0.2, 0) is 11.3 Å². The molecule has 0 atom stereocenters. The quantitative estimate of drug-likeness (QED) is 0.432. The van der Waals surface area contributed by atoms with Crippen LogP contribution in [0, 0.1) is 0 Å². The van der Waals surface area contributed by atoms with Gasteiger partial charge in [0.25, 0.3) is 0 Å². The molecule has 0 amide bonds. The third-order valence-corrected chi connectivity index (χ3v) is 1.53. The van der Waals surface area contributed by atoms with Gasteiger partial charge in [0.15, 0.2) is 12.1 Å². The number of aldehydes is 1. The number of nitrogens with zero attached hydrogens (tertiary/aromatic N) is 2. The molecule has 0 aliphatic rings. The second-order valence-corrected chi connectivity index (χ2v) is 2.61. The molecular weight excluding hydrogens is 178 g/mol. The van der Waals surface area contributed by atoms with Crippen LogP contribution in [0.15, 0.2) is 40.3 Å². The Bertz CT molecular complexity index is 344. The average Bonchev–Trinajstić information content (AvgIpc) is 2.25. The van der Waals surface area contributed by atoms with Crippen LogP contribution in [-0.4, -0.2) is 18.5 Å². The number of amidine groups is 1. The number of aliphatic imine (C=N–C) groups is 2. The zero-order valence-electron chi connectivity index (χ0n) is 7.63. The van der Waals surface area contributed by atoms with Crippen molar-refractivity contribution < 1.29 is 4.79 Å². The molecule has 0 unspecified atom stereocenters. The van der Waals surface area contributed by atoms with E-state index in [4.69, 9.17) is 5.73 Å². The van der Waals surface area contributed by atoms with E-state index in [0.717, 1.165) is 5.56 Å². The van der Waals surface area contributed by atoms with Crippen LogP contribution in [0.1, 0.15) is 5.56 Å². The van der Waals surface area contributed by atoms with Crippen molar-refractivity contribution in [3.05, 3.63) is 35.9 Å². The molecule has 0 heterocycles. The number of rotatable bonds is 4. The lowest BCUT2D eigenvalue weighted by atomic mass is 10.2. The summed E-state index contributed by atoms with van der Waals surface area (Å²) < 4.78 is 0. The fourth-order valence-electron chi connectivity index (χ4n) is 0.868. The van der Waals surface area contributed by atoms with E-state index in [1.54, 1.807) is 0 Å². The van der Waals surface area contributed by atoms with Crippen LogP contribution in [0.4, 0.5) is 0 Å². The zero-order valence-corrected chi connectivity index (χ0v) is 7.63. The summed E-state index contributed by atoms with van der Waals surface area (Å²) in [7, 11) is 0. The minimum absolute atomic E-state index is 0.0678. The highest BCUT2D eigenvalue weighted by molar-refractivity contribution is 6.27. The van der Waals surface area contributed by atoms with Gasteiger partial charge in [-0.05, 0) is 5.56 Å². The van der Waals surface area contributed by atoms with E-state index in [0.29, 0.717) is 12.8 Å². The molecule has 4 heteroatoms. The van der Waals surface area contributed by atoms with Crippen molar-refractivity contribution in [3.8, 4) is 0 Å². The lowest BCUT2D eigenvalue weighted by Gasteiger charge is -1.92. The maximum Gasteiger partial charge on any atom is 0.184 e. The fraction of sp³-hybridized carbons (Fsp3) is 0.100. The van der Waals surface area contributed by atoms with Crippen LogP contribution in [0.5, 0.6) is 0 Å². The second-order valence-electron chi connectivity index (χ2n) is 2.61. The maximum atomic E-state index is 10.1. The Morgan fingerprint density at radius 1 is 1.36 bits per heavy atom. The number of carbonyl (C=O) groups is 1. The Balaban J connectivity index is 2.45. The van der Waals surface area contributed by atoms with Crippen molar-refractivity contribution in [1.82, 2.24) is 0 Å². The van der Waals surface area contributed by atoms with Gasteiger partial charge in [0.2, 0.25) is 0 Å². The smallest absolute Gasteiger partial charge is 0.184 e. The van der Waals surface area contributed by atoms with Crippen molar-refractivity contribution in [2.75, 3.05) is 0 Å². The molecule has 0 aromatic heterocycles. The van der Waals surface area contributed by atoms with Crippen molar-refractivity contribution in [3.63, 3.8) is 0 Å². The molecule has 14 heavy (non-hydrogen) atoms. The van der Waals surface area contributed by atoms with Crippen LogP contribution in [0.2, 0.25) is 0 Å². The summed E-state index contributed by atoms with van der Waals surface area (Å²) in [5.74, 6) is -0.0678. The van der Waals surface area contributed by atoms with Crippen molar-refractivity contribution in [1.29, 1.82) is 0 Å². The average molecular weight is 189 g/mol. The first-order chi connectivity index (χ1) is 6.83. The molecule has 2 N–H and O–H groups in total. The van der Waals surface area contributed by atoms with Gasteiger partial charge in [-0.25, -0.2) is 4.99 Å². The molecule has 4 nitrogen and oxygen atoms in total. The SMILES string of the molecule is NC(C=O)=NC=NCc1ccccc1. The van der Waals surface area contributed by atoms with Gasteiger partial charge in [-0.1, -0.05) is 30.3 Å². The van der Waals surface area contributed by atoms with Gasteiger partial charge in [0, 0.05) is 0 Å². The first-order valence-corrected chi connectivity index (χ1v) is 4.13. The van der Waals surface area contributed by atoms with Gasteiger partial charge < -0.3 is 5.73 Å². The van der Waals surface area contributed by atoms with Gasteiger partial charge in [0.05, 0.1) is 6.54 Å². The topological polar surface area (TPSA) is 67.8 Å². The number of hydrogen-bond donors (Lipinski definition) is 1. The van der Waals surface area contributed by atoms with E-state index in [-0.39, 0.29) is 5.84 Å². The van der Waals surface area contributed by atoms with Gasteiger partial charge in [0.1, 0.15) is 6.34 Å². The summed E-state index contributed by atoms with van der Waals surface area (Å²) in [6.45, 7) is 0.538. The molecule has 1 aromatic carbocycles. The largest absolute Gasteiger partial charge is 0.381 e.